The summed E-state index contributed by atoms with van der Waals surface area (Å²) in [6.07, 6.45) is 5.99. The van der Waals surface area contributed by atoms with E-state index in [1.807, 2.05) is 30.8 Å². The minimum Gasteiger partial charge on any atom is -0.744 e. The largest absolute Gasteiger partial charge is 0.744 e. The molecule has 0 radical (unpaired) electrons. The Balaban J connectivity index is 0.000000296. The zero-order chi connectivity index (χ0) is 29.6. The van der Waals surface area contributed by atoms with Crippen molar-refractivity contribution in [2.24, 2.45) is 12.1 Å². The number of aromatic nitrogens is 5. The van der Waals surface area contributed by atoms with Gasteiger partial charge in [0.2, 0.25) is 17.8 Å². The summed E-state index contributed by atoms with van der Waals surface area (Å²) in [7, 11) is -2.20. The van der Waals surface area contributed by atoms with Crippen LogP contribution in [0.1, 0.15) is 18.1 Å². The average Bonchev–Trinajstić information content (AvgIpc) is 3.24. The van der Waals surface area contributed by atoms with Crippen molar-refractivity contribution < 1.29 is 17.4 Å². The Hall–Kier alpha value is -4.53. The number of anilines is 3. The van der Waals surface area contributed by atoms with Gasteiger partial charge in [-0.2, -0.15) is 20.1 Å². The Morgan fingerprint density at radius 1 is 1.00 bits per heavy atom. The normalized spacial score (nSPS) is 11.4. The smallest absolute Gasteiger partial charge is 0.286 e. The van der Waals surface area contributed by atoms with Gasteiger partial charge in [-0.1, -0.05) is 36.8 Å². The first-order valence-electron chi connectivity index (χ1n) is 12.4. The van der Waals surface area contributed by atoms with E-state index in [0.29, 0.717) is 0 Å². The van der Waals surface area contributed by atoms with Gasteiger partial charge in [0.15, 0.2) is 5.69 Å². The number of nitrogens with zero attached hydrogens (tertiary/aromatic N) is 6. The van der Waals surface area contributed by atoms with E-state index in [-0.39, 0.29) is 22.7 Å². The maximum Gasteiger partial charge on any atom is 0.286 e. The van der Waals surface area contributed by atoms with E-state index in [0.717, 1.165) is 33.8 Å². The van der Waals surface area contributed by atoms with Gasteiger partial charge in [-0.05, 0) is 48.6 Å². The Morgan fingerprint density at radius 3 is 2.27 bits per heavy atom. The highest BCUT2D eigenvalue weighted by molar-refractivity contribution is 7.99. The summed E-state index contributed by atoms with van der Waals surface area (Å²) >= 11 is 1.83. The third kappa shape index (κ3) is 7.78. The van der Waals surface area contributed by atoms with E-state index in [4.69, 9.17) is 11.5 Å². The van der Waals surface area contributed by atoms with Crippen LogP contribution in [0.15, 0.2) is 87.9 Å². The van der Waals surface area contributed by atoms with E-state index < -0.39 is 10.1 Å². The second-order valence-corrected chi connectivity index (χ2v) is 11.5. The molecular formula is C27H29N9O3S2. The highest BCUT2D eigenvalue weighted by Crippen LogP contribution is 2.22. The third-order valence-corrected chi connectivity index (χ3v) is 7.48. The molecule has 3 aromatic heterocycles. The average molecular weight is 592 g/mol. The molecule has 0 saturated carbocycles. The summed E-state index contributed by atoms with van der Waals surface area (Å²) in [5.74, 6) is 1.33. The lowest BCUT2D eigenvalue weighted by Gasteiger charge is -2.05. The van der Waals surface area contributed by atoms with Crippen molar-refractivity contribution in [2.45, 2.75) is 23.6 Å². The summed E-state index contributed by atoms with van der Waals surface area (Å²) in [5.41, 5.74) is 19.0. The number of hydrogen-bond donors (Lipinski definition) is 3. The van der Waals surface area contributed by atoms with E-state index in [1.165, 1.54) is 17.0 Å². The molecule has 2 aromatic carbocycles. The number of nitrogens with two attached hydrogens (primary N) is 2. The quantitative estimate of drug-likeness (QED) is 0.0835. The highest BCUT2D eigenvalue weighted by Gasteiger charge is 2.16. The predicted molar refractivity (Wildman–Crippen MR) is 159 cm³/mol. The van der Waals surface area contributed by atoms with E-state index in [9.17, 15) is 13.0 Å². The number of pyridine rings is 1. The molecule has 3 heterocycles. The Morgan fingerprint density at radius 2 is 1.66 bits per heavy atom. The number of hydrogen-bond acceptors (Lipinski definition) is 11. The molecule has 0 bridgehead atoms. The van der Waals surface area contributed by atoms with Crippen molar-refractivity contribution in [3.63, 3.8) is 0 Å². The zero-order valence-corrected chi connectivity index (χ0v) is 24.2. The Kier molecular flexibility index (Phi) is 9.17. The van der Waals surface area contributed by atoms with Crippen molar-refractivity contribution in [3.8, 4) is 11.3 Å². The molecule has 14 heteroatoms. The molecule has 5 aromatic rings. The van der Waals surface area contributed by atoms with Gasteiger partial charge >= 0.3 is 0 Å². The molecule has 12 nitrogen and oxygen atoms in total. The predicted octanol–water partition coefficient (Wildman–Crippen LogP) is 3.24. The lowest BCUT2D eigenvalue weighted by molar-refractivity contribution is -0.512. The molecule has 41 heavy (non-hydrogen) atoms. The molecule has 0 saturated heterocycles. The molecule has 0 aliphatic rings. The molecule has 0 atom stereocenters. The lowest BCUT2D eigenvalue weighted by Crippen LogP contribution is -2.18. The first-order valence-corrected chi connectivity index (χ1v) is 14.8. The van der Waals surface area contributed by atoms with Crippen molar-refractivity contribution in [3.05, 3.63) is 84.2 Å². The van der Waals surface area contributed by atoms with Crippen LogP contribution in [-0.4, -0.2) is 44.5 Å². The van der Waals surface area contributed by atoms with Crippen LogP contribution in [0.3, 0.4) is 0 Å². The second-order valence-electron chi connectivity index (χ2n) is 8.77. The SMILES string of the molecule is CCSc1ccc2n(C)c(-c3ccc(/C=N/Nc4nc(N)nc(N)n4)cc3)c[n+]2c1.Cc1ccc(S(=O)(=O)[O-])cc1. The maximum absolute atomic E-state index is 10.4. The van der Waals surface area contributed by atoms with E-state index in [1.54, 1.807) is 18.3 Å². The number of imidazole rings is 1. The van der Waals surface area contributed by atoms with Crippen molar-refractivity contribution in [1.29, 1.82) is 0 Å². The molecule has 5 rings (SSSR count). The van der Waals surface area contributed by atoms with Crippen LogP contribution < -0.4 is 21.3 Å². The van der Waals surface area contributed by atoms with Gasteiger partial charge in [0.1, 0.15) is 22.5 Å². The number of nitrogen functional groups attached to an aromatic ring is 2. The summed E-state index contributed by atoms with van der Waals surface area (Å²) in [5, 5.41) is 4.13. The van der Waals surface area contributed by atoms with Gasteiger partial charge < -0.3 is 16.0 Å². The first kappa shape index (κ1) is 29.5. The molecule has 0 unspecified atom stereocenters. The number of aryl methyl sites for hydroxylation is 2. The minimum absolute atomic E-state index is 0.0396. The molecule has 212 valence electrons. The van der Waals surface area contributed by atoms with E-state index >= 15 is 0 Å². The summed E-state index contributed by atoms with van der Waals surface area (Å²) < 4.78 is 35.5. The second kappa shape index (κ2) is 12.8. The number of nitrogens with one attached hydrogen (secondary N) is 1. The number of fused-ring (bicyclic) bond motifs is 1. The van der Waals surface area contributed by atoms with Gasteiger partial charge in [0, 0.05) is 16.5 Å². The van der Waals surface area contributed by atoms with Crippen molar-refractivity contribution >= 4 is 51.6 Å². The molecule has 0 aliphatic carbocycles. The van der Waals surface area contributed by atoms with Crippen LogP contribution in [0.5, 0.6) is 0 Å². The molecule has 5 N–H and O–H groups in total. The molecule has 0 amide bonds. The monoisotopic (exact) mass is 591 g/mol. The number of benzene rings is 2. The van der Waals surface area contributed by atoms with Crippen LogP contribution in [0, 0.1) is 6.92 Å². The van der Waals surface area contributed by atoms with Crippen LogP contribution in [0.4, 0.5) is 17.8 Å². The fourth-order valence-corrected chi connectivity index (χ4v) is 4.96. The van der Waals surface area contributed by atoms with Crippen molar-refractivity contribution in [2.75, 3.05) is 22.6 Å². The summed E-state index contributed by atoms with van der Waals surface area (Å²) in [6, 6.07) is 18.2. The number of rotatable bonds is 7. The van der Waals surface area contributed by atoms with Crippen LogP contribution in [-0.2, 0) is 17.2 Å². The Bertz CT molecular complexity index is 1770. The van der Waals surface area contributed by atoms with Gasteiger partial charge in [0.05, 0.1) is 18.2 Å². The van der Waals surface area contributed by atoms with Gasteiger partial charge in [-0.25, -0.2) is 22.8 Å². The van der Waals surface area contributed by atoms with Gasteiger partial charge in [0.25, 0.3) is 5.65 Å². The molecule has 0 fully saturated rings. The van der Waals surface area contributed by atoms with Crippen LogP contribution in [0.25, 0.3) is 16.9 Å². The standard InChI is InChI=1S/C20H22N9S.C7H8O3S/c1-3-30-15-8-9-17-28(2)16(12-29(17)11-15)14-6-4-13(5-7-14)10-23-27-20-25-18(21)24-19(22)26-20;1-6-2-4-7(5-3-6)11(8,9)10/h4-12H,3H2,1-2H3,(H5,21,22,24,25,26,27);2-5H,1H3,(H,8,9,10)/q+1;/p-1/b23-10+;. The van der Waals surface area contributed by atoms with Crippen LogP contribution >= 0.6 is 11.8 Å². The lowest BCUT2D eigenvalue weighted by atomic mass is 10.1. The number of thioether (sulfide) groups is 1. The summed E-state index contributed by atoms with van der Waals surface area (Å²) in [6.45, 7) is 3.98. The first-order chi connectivity index (χ1) is 19.5. The molecular weight excluding hydrogens is 562 g/mol. The van der Waals surface area contributed by atoms with Crippen LogP contribution in [0.2, 0.25) is 0 Å². The maximum atomic E-state index is 10.4. The summed E-state index contributed by atoms with van der Waals surface area (Å²) in [4.78, 5) is 12.6. The minimum atomic E-state index is -4.27. The van der Waals surface area contributed by atoms with Crippen molar-refractivity contribution in [1.82, 2.24) is 19.5 Å². The number of hydrazone groups is 1. The molecule has 0 aliphatic heterocycles. The Labute approximate surface area is 241 Å². The fourth-order valence-electron chi connectivity index (χ4n) is 3.81. The highest BCUT2D eigenvalue weighted by atomic mass is 32.2. The molecule has 0 spiro atoms. The zero-order valence-electron chi connectivity index (χ0n) is 22.6. The van der Waals surface area contributed by atoms with Gasteiger partial charge in [-0.15, -0.1) is 11.8 Å². The fraction of sp³-hybridized carbons (Fsp3) is 0.148. The third-order valence-electron chi connectivity index (χ3n) is 5.77. The van der Waals surface area contributed by atoms with E-state index in [2.05, 4.69) is 85.1 Å². The topological polar surface area (TPSA) is 181 Å². The van der Waals surface area contributed by atoms with Gasteiger partial charge in [-0.3, -0.25) is 0 Å².